The van der Waals surface area contributed by atoms with Crippen LogP contribution in [0.4, 0.5) is 0 Å². The van der Waals surface area contributed by atoms with Crippen LogP contribution in [0, 0.1) is 11.8 Å². The van der Waals surface area contributed by atoms with Gasteiger partial charge in [0.2, 0.25) is 0 Å². The Kier molecular flexibility index (Phi) is 10.8. The third-order valence-electron chi connectivity index (χ3n) is 18.4. The van der Waals surface area contributed by atoms with Crippen molar-refractivity contribution in [2.75, 3.05) is 0 Å². The molecule has 360 valence electrons. The van der Waals surface area contributed by atoms with Crippen LogP contribution in [0.15, 0.2) is 182 Å². The van der Waals surface area contributed by atoms with E-state index in [-0.39, 0.29) is 0 Å². The Morgan fingerprint density at radius 1 is 0.466 bits per heavy atom. The second-order valence-corrected chi connectivity index (χ2v) is 36.4. The standard InChI is InChI=1S/2C22H19N2O2.2C9H7.C2H4.Zr/c2*23-21(25)19(17-11-9-13-5-1-3-7-15(13)17)20(22(24)26)18-12-10-14-6-2-4-8-16(14)18;2*1-2-5-9-7-3-6-8(9)4-1;1-2;/h2*1-8,11-12,19H,9-10H2,(H2,23,25)(H2,24,26);2*1-7H;1H,2H3;. The van der Waals surface area contributed by atoms with E-state index in [1.165, 1.54) is 0 Å². The molecule has 8 N–H and O–H groups in total. The van der Waals surface area contributed by atoms with E-state index < -0.39 is 67.3 Å². The molecule has 6 aromatic carbocycles. The number of hydrogen-bond acceptors (Lipinski definition) is 4. The summed E-state index contributed by atoms with van der Waals surface area (Å²) in [4.78, 5) is 67.3. The molecule has 0 saturated carbocycles. The number of hydrogen-bond donors (Lipinski definition) is 4. The molecule has 12 rings (SSSR count). The average molecular weight is 1040 g/mol. The topological polar surface area (TPSA) is 172 Å². The molecule has 6 aliphatic rings. The van der Waals surface area contributed by atoms with Gasteiger partial charge in [0.15, 0.2) is 0 Å². The quantitative estimate of drug-likeness (QED) is 0.0851. The van der Waals surface area contributed by atoms with Gasteiger partial charge in [0.25, 0.3) is 0 Å². The first-order chi connectivity index (χ1) is 35.5. The fourth-order valence-corrected chi connectivity index (χ4v) is 46.1. The monoisotopic (exact) mass is 1030 g/mol. The van der Waals surface area contributed by atoms with Crippen LogP contribution < -0.4 is 22.9 Å². The zero-order valence-electron chi connectivity index (χ0n) is 40.6. The average Bonchev–Trinajstić information content (AvgIpc) is 4.29. The molecule has 6 aliphatic carbocycles. The van der Waals surface area contributed by atoms with Gasteiger partial charge in [-0.3, -0.25) is 0 Å². The minimum absolute atomic E-state index is 0.387. The van der Waals surface area contributed by atoms with Crippen LogP contribution in [-0.4, -0.2) is 27.3 Å². The first-order valence-corrected chi connectivity index (χ1v) is 32.0. The molecule has 0 radical (unpaired) electrons. The second-order valence-electron chi connectivity index (χ2n) is 20.7. The fraction of sp³-hybridized carbons (Fsp3) is 0.172. The minimum atomic E-state index is -7.75. The number of allylic oxidation sites excluding steroid dienone is 6. The molecule has 6 unspecified atom stereocenters. The van der Waals surface area contributed by atoms with Crippen LogP contribution in [-0.2, 0) is 63.2 Å². The van der Waals surface area contributed by atoms with Crippen molar-refractivity contribution in [2.45, 2.75) is 46.1 Å². The van der Waals surface area contributed by atoms with Crippen molar-refractivity contribution in [3.8, 4) is 0 Å². The van der Waals surface area contributed by atoms with E-state index in [9.17, 15) is 0 Å². The number of fused-ring (bicyclic) bond motifs is 6. The predicted octanol–water partition coefficient (Wildman–Crippen LogP) is 10.1. The summed E-state index contributed by atoms with van der Waals surface area (Å²) < 4.78 is -4.08. The van der Waals surface area contributed by atoms with Gasteiger partial charge in [-0.25, -0.2) is 0 Å². The number of carbonyl (C=O) groups excluding carboxylic acids is 4. The summed E-state index contributed by atoms with van der Waals surface area (Å²) in [5, 5.41) is 0. The van der Waals surface area contributed by atoms with E-state index in [2.05, 4.69) is 52.3 Å². The summed E-state index contributed by atoms with van der Waals surface area (Å²) >= 11 is -7.75. The maximum atomic E-state index is 17.5. The zero-order chi connectivity index (χ0) is 50.5. The molecule has 0 heterocycles. The van der Waals surface area contributed by atoms with Crippen molar-refractivity contribution in [1.82, 2.24) is 0 Å². The molecule has 0 bridgehead atoms. The molecule has 0 aromatic heterocycles. The predicted molar refractivity (Wildman–Crippen MR) is 290 cm³/mol. The van der Waals surface area contributed by atoms with Crippen molar-refractivity contribution in [2.24, 2.45) is 34.8 Å². The van der Waals surface area contributed by atoms with Crippen LogP contribution >= 0.6 is 0 Å². The molecule has 8 nitrogen and oxygen atoms in total. The van der Waals surface area contributed by atoms with Gasteiger partial charge in [0, 0.05) is 0 Å². The van der Waals surface area contributed by atoms with Crippen LogP contribution in [0.25, 0.3) is 34.4 Å². The number of amides is 4. The Balaban J connectivity index is 1.44. The number of nitrogens with two attached hydrogens (primary N) is 4. The maximum absolute atomic E-state index is 17.5. The molecule has 73 heavy (non-hydrogen) atoms. The Morgan fingerprint density at radius 2 is 0.795 bits per heavy atom. The van der Waals surface area contributed by atoms with Gasteiger partial charge in [0.05, 0.1) is 0 Å². The third kappa shape index (κ3) is 5.77. The zero-order valence-corrected chi connectivity index (χ0v) is 43.1. The number of benzene rings is 6. The second kappa shape index (κ2) is 17.0. The summed E-state index contributed by atoms with van der Waals surface area (Å²) in [6.07, 6.45) is 18.3. The molecular weight excluding hydrogens is 980 g/mol. The van der Waals surface area contributed by atoms with E-state index in [0.29, 0.717) is 59.1 Å². The molecule has 0 fully saturated rings. The normalized spacial score (nSPS) is 20.1. The Bertz CT molecular complexity index is 3480. The Labute approximate surface area is 426 Å². The van der Waals surface area contributed by atoms with Crippen LogP contribution in [0.1, 0.15) is 80.9 Å². The van der Waals surface area contributed by atoms with E-state index in [1.54, 1.807) is 0 Å². The first kappa shape index (κ1) is 46.5. The molecular formula is C64H56N4O4Zr. The van der Waals surface area contributed by atoms with E-state index in [1.807, 2.05) is 153 Å². The molecule has 9 heteroatoms. The van der Waals surface area contributed by atoms with Gasteiger partial charge in [0.1, 0.15) is 0 Å². The fourth-order valence-electron chi connectivity index (χ4n) is 16.2. The van der Waals surface area contributed by atoms with Crippen molar-refractivity contribution < 1.29 is 37.5 Å². The summed E-state index contributed by atoms with van der Waals surface area (Å²) in [6, 6.07) is 47.8. The van der Waals surface area contributed by atoms with Crippen molar-refractivity contribution >= 4 is 61.8 Å². The van der Waals surface area contributed by atoms with Gasteiger partial charge in [-0.1, -0.05) is 0 Å². The summed E-state index contributed by atoms with van der Waals surface area (Å²) in [5.74, 6) is -6.31. The van der Waals surface area contributed by atoms with Crippen LogP contribution in [0.3, 0.4) is 0 Å². The van der Waals surface area contributed by atoms with E-state index in [0.717, 1.165) is 55.6 Å². The van der Waals surface area contributed by atoms with E-state index >= 15 is 19.2 Å². The van der Waals surface area contributed by atoms with Gasteiger partial charge in [-0.05, 0) is 0 Å². The molecule has 0 saturated heterocycles. The Hall–Kier alpha value is -7.61. The summed E-state index contributed by atoms with van der Waals surface area (Å²) in [7, 11) is 0. The van der Waals surface area contributed by atoms with Gasteiger partial charge in [-0.15, -0.1) is 0 Å². The van der Waals surface area contributed by atoms with Crippen molar-refractivity contribution in [1.29, 1.82) is 0 Å². The van der Waals surface area contributed by atoms with Crippen LogP contribution in [0.2, 0.25) is 6.25 Å². The molecule has 0 spiro atoms. The molecule has 4 amide bonds. The molecule has 6 atom stereocenters. The molecule has 6 aromatic rings. The van der Waals surface area contributed by atoms with Crippen LogP contribution in [0.5, 0.6) is 0 Å². The van der Waals surface area contributed by atoms with Crippen molar-refractivity contribution in [3.63, 3.8) is 0 Å². The van der Waals surface area contributed by atoms with E-state index in [4.69, 9.17) is 22.9 Å². The van der Waals surface area contributed by atoms with Crippen molar-refractivity contribution in [3.05, 3.63) is 249 Å². The molecule has 0 aliphatic heterocycles. The number of primary amides is 4. The Morgan fingerprint density at radius 3 is 1.16 bits per heavy atom. The third-order valence-corrected chi connectivity index (χ3v) is 43.1. The first-order valence-electron chi connectivity index (χ1n) is 25.3. The van der Waals surface area contributed by atoms with Gasteiger partial charge in [-0.2, -0.15) is 0 Å². The summed E-state index contributed by atoms with van der Waals surface area (Å²) in [6.45, 7) is 1.97. The van der Waals surface area contributed by atoms with Gasteiger partial charge < -0.3 is 0 Å². The number of carbonyl (C=O) groups is 4. The number of rotatable bonds is 14. The SMILES string of the molecule is C[CH]=[Zr]([CH]1C=Cc2ccccc21)([CH]1C=Cc2ccccc21)([C](C(N)=O)(C1=CCc2ccccc21)C(C(N)=O)C1=CCc2ccccc21)[C](C(N)=O)(C1=CCc2ccccc21)C(C(N)=O)C1=CCc2ccccc21. The summed E-state index contributed by atoms with van der Waals surface area (Å²) in [5.41, 5.74) is 42.4. The van der Waals surface area contributed by atoms with Gasteiger partial charge >= 0.3 is 429 Å².